The van der Waals surface area contributed by atoms with Gasteiger partial charge in [-0.3, -0.25) is 4.79 Å². The first kappa shape index (κ1) is 12.1. The highest BCUT2D eigenvalue weighted by Gasteiger charge is 2.46. The standard InChI is InChI=1S/C11H17FO3/c1-2-15-10(14)11(12)8-6-4-3-5-7-9(11)13/h2-8H2,1H3/t11-/m0/s1. The van der Waals surface area contributed by atoms with Gasteiger partial charge >= 0.3 is 5.97 Å². The summed E-state index contributed by atoms with van der Waals surface area (Å²) in [6, 6.07) is 0. The van der Waals surface area contributed by atoms with E-state index in [0.29, 0.717) is 12.8 Å². The van der Waals surface area contributed by atoms with E-state index in [1.54, 1.807) is 6.92 Å². The summed E-state index contributed by atoms with van der Waals surface area (Å²) in [7, 11) is 0. The van der Waals surface area contributed by atoms with Gasteiger partial charge in [-0.2, -0.15) is 0 Å². The van der Waals surface area contributed by atoms with E-state index in [0.717, 1.165) is 12.8 Å². The van der Waals surface area contributed by atoms with E-state index in [1.807, 2.05) is 0 Å². The zero-order chi connectivity index (χ0) is 11.3. The Morgan fingerprint density at radius 3 is 2.73 bits per heavy atom. The van der Waals surface area contributed by atoms with Crippen LogP contribution >= 0.6 is 0 Å². The maximum absolute atomic E-state index is 14.2. The molecule has 0 unspecified atom stereocenters. The van der Waals surface area contributed by atoms with E-state index in [9.17, 15) is 14.0 Å². The van der Waals surface area contributed by atoms with Gasteiger partial charge in [0.05, 0.1) is 6.61 Å². The second-order valence-corrected chi connectivity index (χ2v) is 3.86. The Balaban J connectivity index is 2.75. The quantitative estimate of drug-likeness (QED) is 0.525. The molecule has 0 radical (unpaired) electrons. The van der Waals surface area contributed by atoms with Crippen LogP contribution in [0.25, 0.3) is 0 Å². The molecule has 1 aliphatic rings. The maximum Gasteiger partial charge on any atom is 0.351 e. The van der Waals surface area contributed by atoms with Crippen LogP contribution in [0.5, 0.6) is 0 Å². The van der Waals surface area contributed by atoms with Crippen molar-refractivity contribution in [1.82, 2.24) is 0 Å². The third-order valence-electron chi connectivity index (χ3n) is 2.72. The predicted molar refractivity (Wildman–Crippen MR) is 53.2 cm³/mol. The lowest BCUT2D eigenvalue weighted by Gasteiger charge is -2.23. The van der Waals surface area contributed by atoms with E-state index >= 15 is 0 Å². The van der Waals surface area contributed by atoms with Gasteiger partial charge < -0.3 is 4.74 Å². The summed E-state index contributed by atoms with van der Waals surface area (Å²) < 4.78 is 18.8. The molecule has 0 spiro atoms. The number of esters is 1. The van der Waals surface area contributed by atoms with Gasteiger partial charge in [0.25, 0.3) is 5.67 Å². The number of hydrogen-bond donors (Lipinski definition) is 0. The van der Waals surface area contributed by atoms with Crippen molar-refractivity contribution in [2.75, 3.05) is 6.61 Å². The molecular weight excluding hydrogens is 199 g/mol. The Morgan fingerprint density at radius 1 is 1.40 bits per heavy atom. The number of carbonyl (C=O) groups is 2. The molecule has 0 aromatic carbocycles. The second kappa shape index (κ2) is 5.24. The van der Waals surface area contributed by atoms with E-state index in [2.05, 4.69) is 4.74 Å². The predicted octanol–water partition coefficient (Wildman–Crippen LogP) is 2.18. The zero-order valence-electron chi connectivity index (χ0n) is 9.05. The lowest BCUT2D eigenvalue weighted by atomic mass is 9.87. The minimum absolute atomic E-state index is 0.0231. The number of ketones is 1. The fourth-order valence-corrected chi connectivity index (χ4v) is 1.81. The van der Waals surface area contributed by atoms with Gasteiger partial charge in [0, 0.05) is 6.42 Å². The molecular formula is C11H17FO3. The summed E-state index contributed by atoms with van der Waals surface area (Å²) in [6.45, 7) is 1.71. The van der Waals surface area contributed by atoms with Gasteiger partial charge in [0.15, 0.2) is 5.78 Å². The summed E-state index contributed by atoms with van der Waals surface area (Å²) in [5, 5.41) is 0. The molecule has 0 bridgehead atoms. The molecule has 3 nitrogen and oxygen atoms in total. The third-order valence-corrected chi connectivity index (χ3v) is 2.72. The number of halogens is 1. The molecule has 86 valence electrons. The van der Waals surface area contributed by atoms with Crippen LogP contribution in [0, 0.1) is 0 Å². The number of hydrogen-bond acceptors (Lipinski definition) is 3. The third kappa shape index (κ3) is 2.76. The summed E-state index contributed by atoms with van der Waals surface area (Å²) in [5.41, 5.74) is -2.38. The van der Waals surface area contributed by atoms with E-state index < -0.39 is 17.4 Å². The van der Waals surface area contributed by atoms with Crippen molar-refractivity contribution in [1.29, 1.82) is 0 Å². The van der Waals surface area contributed by atoms with E-state index in [4.69, 9.17) is 0 Å². The Bertz CT molecular complexity index is 242. The van der Waals surface area contributed by atoms with Crippen molar-refractivity contribution in [3.8, 4) is 0 Å². The molecule has 1 saturated carbocycles. The van der Waals surface area contributed by atoms with Gasteiger partial charge in [-0.25, -0.2) is 9.18 Å². The summed E-state index contributed by atoms with van der Waals surface area (Å²) in [5.74, 6) is -1.61. The highest BCUT2D eigenvalue weighted by atomic mass is 19.1. The van der Waals surface area contributed by atoms with Gasteiger partial charge in [0.2, 0.25) is 0 Å². The van der Waals surface area contributed by atoms with Crippen LogP contribution < -0.4 is 0 Å². The lowest BCUT2D eigenvalue weighted by Crippen LogP contribution is -2.44. The lowest BCUT2D eigenvalue weighted by molar-refractivity contribution is -0.163. The topological polar surface area (TPSA) is 43.4 Å². The molecule has 15 heavy (non-hydrogen) atoms. The fourth-order valence-electron chi connectivity index (χ4n) is 1.81. The van der Waals surface area contributed by atoms with Crippen LogP contribution in [0.3, 0.4) is 0 Å². The van der Waals surface area contributed by atoms with Gasteiger partial charge in [0.1, 0.15) is 0 Å². The first-order chi connectivity index (χ1) is 7.11. The minimum atomic E-state index is -2.38. The van der Waals surface area contributed by atoms with E-state index in [1.165, 1.54) is 0 Å². The summed E-state index contributed by atoms with van der Waals surface area (Å²) >= 11 is 0. The average Bonchev–Trinajstić information content (AvgIpc) is 2.20. The molecule has 0 N–H and O–H groups in total. The summed E-state index contributed by atoms with van der Waals surface area (Å²) in [4.78, 5) is 22.9. The van der Waals surface area contributed by atoms with Crippen molar-refractivity contribution in [3.05, 3.63) is 0 Å². The Hall–Kier alpha value is -0.930. The maximum atomic E-state index is 14.2. The molecule has 1 atom stereocenters. The number of rotatable bonds is 2. The SMILES string of the molecule is CCOC(=O)[C@]1(F)CCCCCCC1=O. The molecule has 0 saturated heterocycles. The normalized spacial score (nSPS) is 28.0. The Labute approximate surface area is 89.0 Å². The van der Waals surface area contributed by atoms with Crippen LogP contribution in [0.4, 0.5) is 4.39 Å². The molecule has 1 aliphatic carbocycles. The summed E-state index contributed by atoms with van der Waals surface area (Å²) in [6.07, 6.45) is 3.17. The van der Waals surface area contributed by atoms with Gasteiger partial charge in [-0.1, -0.05) is 12.8 Å². The van der Waals surface area contributed by atoms with Crippen molar-refractivity contribution in [3.63, 3.8) is 0 Å². The van der Waals surface area contributed by atoms with Crippen molar-refractivity contribution in [2.24, 2.45) is 0 Å². The minimum Gasteiger partial charge on any atom is -0.463 e. The zero-order valence-corrected chi connectivity index (χ0v) is 9.05. The van der Waals surface area contributed by atoms with Crippen LogP contribution in [0.1, 0.15) is 45.4 Å². The van der Waals surface area contributed by atoms with E-state index in [-0.39, 0.29) is 19.4 Å². The number of carbonyl (C=O) groups excluding carboxylic acids is 2. The molecule has 0 amide bonds. The second-order valence-electron chi connectivity index (χ2n) is 3.86. The van der Waals surface area contributed by atoms with Crippen LogP contribution in [0.2, 0.25) is 0 Å². The number of Topliss-reactive ketones (excluding diaryl/α,β-unsaturated/α-hetero) is 1. The fraction of sp³-hybridized carbons (Fsp3) is 0.818. The molecule has 0 aromatic heterocycles. The molecule has 0 aromatic rings. The highest BCUT2D eigenvalue weighted by molar-refractivity contribution is 6.07. The number of alkyl halides is 1. The average molecular weight is 216 g/mol. The largest absolute Gasteiger partial charge is 0.463 e. The van der Waals surface area contributed by atoms with Crippen molar-refractivity contribution < 1.29 is 18.7 Å². The highest BCUT2D eigenvalue weighted by Crippen LogP contribution is 2.28. The molecule has 0 aliphatic heterocycles. The first-order valence-electron chi connectivity index (χ1n) is 5.50. The molecule has 0 heterocycles. The Morgan fingerprint density at radius 2 is 2.07 bits per heavy atom. The van der Waals surface area contributed by atoms with Crippen LogP contribution in [-0.2, 0) is 14.3 Å². The molecule has 1 rings (SSSR count). The monoisotopic (exact) mass is 216 g/mol. The van der Waals surface area contributed by atoms with Crippen molar-refractivity contribution in [2.45, 2.75) is 51.1 Å². The number of ether oxygens (including phenoxy) is 1. The van der Waals surface area contributed by atoms with Crippen LogP contribution in [-0.4, -0.2) is 24.0 Å². The van der Waals surface area contributed by atoms with Gasteiger partial charge in [-0.15, -0.1) is 0 Å². The van der Waals surface area contributed by atoms with Gasteiger partial charge in [-0.05, 0) is 26.2 Å². The molecule has 1 fully saturated rings. The first-order valence-corrected chi connectivity index (χ1v) is 5.50. The molecule has 4 heteroatoms. The smallest absolute Gasteiger partial charge is 0.351 e. The van der Waals surface area contributed by atoms with Crippen molar-refractivity contribution >= 4 is 11.8 Å². The Kier molecular flexibility index (Phi) is 4.24. The van der Waals surface area contributed by atoms with Crippen LogP contribution in [0.15, 0.2) is 0 Å².